The molecular formula is C124H140B2N6. The summed E-state index contributed by atoms with van der Waals surface area (Å²) < 4.78 is 91.0. The van der Waals surface area contributed by atoms with Crippen molar-refractivity contribution in [3.63, 3.8) is 0 Å². The van der Waals surface area contributed by atoms with Crippen LogP contribution in [-0.2, 0) is 43.3 Å². The highest BCUT2D eigenvalue weighted by atomic mass is 15.2. The molecule has 672 valence electrons. The molecule has 0 aromatic heterocycles. The van der Waals surface area contributed by atoms with Gasteiger partial charge in [-0.2, -0.15) is 0 Å². The Morgan fingerprint density at radius 2 is 0.409 bits per heavy atom. The average molecular weight is 1750 g/mol. The predicted octanol–water partition coefficient (Wildman–Crippen LogP) is 32.0. The fourth-order valence-electron chi connectivity index (χ4n) is 19.6. The maximum Gasteiger partial charge on any atom is 0.252 e. The number of benzene rings is 14. The minimum Gasteiger partial charge on any atom is -0.311 e. The largest absolute Gasteiger partial charge is 0.311 e. The molecule has 0 unspecified atom stereocenters. The molecule has 0 spiro atoms. The number of fused-ring (bicyclic) bond motifs is 8. The molecule has 0 amide bonds. The molecule has 18 rings (SSSR count). The third-order valence-electron chi connectivity index (χ3n) is 31.9. The summed E-state index contributed by atoms with van der Waals surface area (Å²) in [6.45, 7) is 54.8. The molecule has 4 aliphatic heterocycles. The highest BCUT2D eigenvalue weighted by Gasteiger charge is 2.49. The maximum atomic E-state index is 9.48. The Morgan fingerprint density at radius 1 is 0.212 bits per heavy atom. The molecule has 0 atom stereocenters. The van der Waals surface area contributed by atoms with Crippen LogP contribution in [0.5, 0.6) is 0 Å². The van der Waals surface area contributed by atoms with Crippen molar-refractivity contribution in [3.8, 4) is 0 Å². The van der Waals surface area contributed by atoms with Gasteiger partial charge in [-0.15, -0.1) is 0 Å². The Kier molecular flexibility index (Phi) is 21.5. The lowest BCUT2D eigenvalue weighted by molar-refractivity contribution is 0.506. The van der Waals surface area contributed by atoms with Crippen molar-refractivity contribution in [1.82, 2.24) is 0 Å². The highest BCUT2D eigenvalue weighted by Crippen LogP contribution is 2.54. The van der Waals surface area contributed by atoms with Gasteiger partial charge in [0.15, 0.2) is 0 Å². The van der Waals surface area contributed by atoms with Crippen LogP contribution in [0.2, 0.25) is 0 Å². The van der Waals surface area contributed by atoms with Gasteiger partial charge < -0.3 is 29.4 Å². The van der Waals surface area contributed by atoms with Crippen molar-refractivity contribution in [3.05, 3.63) is 360 Å². The van der Waals surface area contributed by atoms with E-state index in [1.165, 1.54) is 99.9 Å². The van der Waals surface area contributed by atoms with E-state index in [0.717, 1.165) is 119 Å². The first-order valence-corrected chi connectivity index (χ1v) is 48.6. The lowest BCUT2D eigenvalue weighted by atomic mass is 9.33. The predicted molar refractivity (Wildman–Crippen MR) is 577 cm³/mol. The SMILES string of the molecule is CCC(C)(C)c1ccc(N2c3ccc(C(C)(C)CC)cc3B3c4cc(C(C)(C)CC)ccc4N(c4ccc(C(C)(C)CC)cc4)c4cc(N(c5ccccc5)c5ccccc5)cc2c43)cc1.[2H]c1c([2H])c([2H])c(N(c2cc3c4c(c2)N(c2ccc(C(C)(C)CC)cc2)c2ccc(C(C)(C)CC)cc2B4c2cc(C(C)(C)CC)ccc2N3c2ccc(C(C)(C)CC)cc2)c2c([2H])c([2H])c([2H])c([2H])c2[2H])c([2H])c1[2H]. The molecule has 6 nitrogen and oxygen atoms in total. The number of nitrogens with zero attached hydrogens (tertiary/aromatic N) is 6. The van der Waals surface area contributed by atoms with Gasteiger partial charge in [0.1, 0.15) is 0 Å². The van der Waals surface area contributed by atoms with Gasteiger partial charge in [-0.25, -0.2) is 0 Å². The number of hydrogen-bond acceptors (Lipinski definition) is 6. The summed E-state index contributed by atoms with van der Waals surface area (Å²) in [6.07, 6.45) is 7.94. The number of hydrogen-bond donors (Lipinski definition) is 0. The minimum absolute atomic E-state index is 0.000240. The van der Waals surface area contributed by atoms with E-state index >= 15 is 0 Å². The maximum absolute atomic E-state index is 9.48. The van der Waals surface area contributed by atoms with Gasteiger partial charge in [-0.1, -0.05) is 336 Å². The third kappa shape index (κ3) is 16.6. The van der Waals surface area contributed by atoms with Crippen LogP contribution < -0.4 is 62.2 Å². The van der Waals surface area contributed by atoms with Crippen LogP contribution >= 0.6 is 0 Å². The molecule has 0 bridgehead atoms. The Labute approximate surface area is 807 Å². The molecule has 8 heteroatoms. The molecule has 132 heavy (non-hydrogen) atoms. The quantitative estimate of drug-likeness (QED) is 0.0500. The topological polar surface area (TPSA) is 19.4 Å². The van der Waals surface area contributed by atoms with Crippen molar-refractivity contribution >= 4 is 149 Å². The van der Waals surface area contributed by atoms with Crippen LogP contribution in [0.15, 0.2) is 315 Å². The second-order valence-electron chi connectivity index (χ2n) is 42.5. The molecule has 0 saturated carbocycles. The van der Waals surface area contributed by atoms with Gasteiger partial charge in [0.25, 0.3) is 13.4 Å². The van der Waals surface area contributed by atoms with E-state index in [1.54, 1.807) is 0 Å². The summed E-state index contributed by atoms with van der Waals surface area (Å²) in [4.78, 5) is 13.4. The molecule has 14 aromatic carbocycles. The monoisotopic (exact) mass is 1750 g/mol. The van der Waals surface area contributed by atoms with Gasteiger partial charge in [-0.05, 0) is 317 Å². The molecule has 4 heterocycles. The van der Waals surface area contributed by atoms with Crippen LogP contribution in [0, 0.1) is 0 Å². The van der Waals surface area contributed by atoms with E-state index < -0.39 is 60.4 Å². The molecule has 0 aliphatic carbocycles. The van der Waals surface area contributed by atoms with Gasteiger partial charge in [-0.3, -0.25) is 0 Å². The van der Waals surface area contributed by atoms with Crippen molar-refractivity contribution < 1.29 is 13.7 Å². The zero-order chi connectivity index (χ0) is 102. The van der Waals surface area contributed by atoms with Crippen LogP contribution in [0.3, 0.4) is 0 Å². The molecule has 14 aromatic rings. The second-order valence-corrected chi connectivity index (χ2v) is 42.5. The van der Waals surface area contributed by atoms with Crippen LogP contribution in [-0.4, -0.2) is 13.4 Å². The first kappa shape index (κ1) is 79.7. The summed E-state index contributed by atoms with van der Waals surface area (Å²) in [7, 11) is 0. The van der Waals surface area contributed by atoms with Gasteiger partial charge in [0.2, 0.25) is 0 Å². The first-order valence-electron chi connectivity index (χ1n) is 53.6. The van der Waals surface area contributed by atoms with E-state index in [-0.39, 0.29) is 73.8 Å². The molecule has 0 N–H and O–H groups in total. The van der Waals surface area contributed by atoms with E-state index in [1.807, 2.05) is 12.1 Å². The van der Waals surface area contributed by atoms with Gasteiger partial charge in [0.05, 0.1) is 25.1 Å². The van der Waals surface area contributed by atoms with E-state index in [9.17, 15) is 5.48 Å². The minimum atomic E-state index is -0.624. The lowest BCUT2D eigenvalue weighted by Gasteiger charge is -2.46. The van der Waals surface area contributed by atoms with Crippen LogP contribution in [0.25, 0.3) is 0 Å². The first-order chi connectivity index (χ1) is 67.2. The van der Waals surface area contributed by atoms with Crippen molar-refractivity contribution in [2.24, 2.45) is 0 Å². The van der Waals surface area contributed by atoms with E-state index in [2.05, 4.69) is 433 Å². The van der Waals surface area contributed by atoms with E-state index in [0.29, 0.717) is 0 Å². The van der Waals surface area contributed by atoms with Crippen molar-refractivity contribution in [2.75, 3.05) is 29.4 Å². The summed E-state index contributed by atoms with van der Waals surface area (Å²) in [5, 5.41) is 0. The van der Waals surface area contributed by atoms with Gasteiger partial charge in [0, 0.05) is 91.0 Å². The number of rotatable bonds is 26. The van der Waals surface area contributed by atoms with E-state index in [4.69, 9.17) is 8.22 Å². The summed E-state index contributed by atoms with van der Waals surface area (Å²) in [5.74, 6) is 0. The highest BCUT2D eigenvalue weighted by molar-refractivity contribution is 7.01. The summed E-state index contributed by atoms with van der Waals surface area (Å²) in [6, 6.07) is 89.2. The van der Waals surface area contributed by atoms with Crippen molar-refractivity contribution in [2.45, 2.75) is 261 Å². The molecule has 0 fully saturated rings. The Morgan fingerprint density at radius 3 is 0.621 bits per heavy atom. The zero-order valence-electron chi connectivity index (χ0n) is 92.7. The Hall–Kier alpha value is -12.0. The fourth-order valence-corrected chi connectivity index (χ4v) is 19.6. The lowest BCUT2D eigenvalue weighted by Crippen LogP contribution is -2.61. The van der Waals surface area contributed by atoms with Gasteiger partial charge >= 0.3 is 0 Å². The second kappa shape index (κ2) is 35.5. The van der Waals surface area contributed by atoms with Crippen LogP contribution in [0.4, 0.5) is 102 Å². The third-order valence-corrected chi connectivity index (χ3v) is 31.9. The number of anilines is 18. The zero-order valence-corrected chi connectivity index (χ0v) is 82.7. The molecule has 0 saturated heterocycles. The standard InChI is InChI=1S/2C62H70BN3/c2*1-13-59(5,6)43-27-33-49(34-28-43)65-54-37-31-45(61(9,10)15-3)39-52(54)63-53-40-46(62(11,12)16-4)32-38-55(53)66(50-35-29-44(30-36-50)60(7,8)14-2)57-42-51(41-56(65)58(57)63)64(47-23-19-17-20-24-47)48-25-21-18-22-26-48/h2*17-42H,13-16H2,1-12H3/i17D,18D,19D,20D,21D,22D,23D,24D,25D,26D;. The molecule has 0 radical (unpaired) electrons. The molecule has 4 aliphatic rings. The summed E-state index contributed by atoms with van der Waals surface area (Å²) >= 11 is 0. The normalized spacial score (nSPS) is 14.7. The Balaban J connectivity index is 0.000000197. The smallest absolute Gasteiger partial charge is 0.252 e. The fraction of sp³-hybridized carbons (Fsp3) is 0.323. The Bertz CT molecular complexity index is 6700. The summed E-state index contributed by atoms with van der Waals surface area (Å²) in [5.41, 5.74) is 32.3. The van der Waals surface area contributed by atoms with Crippen molar-refractivity contribution in [1.29, 1.82) is 0 Å². The van der Waals surface area contributed by atoms with Crippen LogP contribution in [0.1, 0.15) is 276 Å². The number of para-hydroxylation sites is 4. The molecular weight excluding hydrogens is 1600 g/mol. The average Bonchev–Trinajstić information content (AvgIpc) is 0.693.